The minimum Gasteiger partial charge on any atom is -0.331 e. The molecular formula is C15H15ClFN3O. The number of rotatable bonds is 4. The first-order valence-corrected chi connectivity index (χ1v) is 7.19. The van der Waals surface area contributed by atoms with Crippen molar-refractivity contribution in [3.63, 3.8) is 0 Å². The zero-order valence-corrected chi connectivity index (χ0v) is 12.3. The number of hydrogen-bond donors (Lipinski definition) is 1. The molecule has 0 bridgehead atoms. The first-order chi connectivity index (χ1) is 10.1. The maximum Gasteiger partial charge on any atom is 0.257 e. The Bertz CT molecular complexity index is 661. The van der Waals surface area contributed by atoms with Crippen LogP contribution in [0.2, 0.25) is 5.02 Å². The monoisotopic (exact) mass is 307 g/mol. The van der Waals surface area contributed by atoms with E-state index in [0.29, 0.717) is 21.8 Å². The van der Waals surface area contributed by atoms with Crippen LogP contribution in [-0.4, -0.2) is 27.0 Å². The van der Waals surface area contributed by atoms with Gasteiger partial charge < -0.3 is 4.90 Å². The van der Waals surface area contributed by atoms with E-state index < -0.39 is 0 Å². The van der Waals surface area contributed by atoms with Crippen LogP contribution in [0.25, 0.3) is 0 Å². The maximum absolute atomic E-state index is 13.9. The molecule has 21 heavy (non-hydrogen) atoms. The van der Waals surface area contributed by atoms with Gasteiger partial charge in [-0.3, -0.25) is 9.89 Å². The summed E-state index contributed by atoms with van der Waals surface area (Å²) in [6, 6.07) is 4.71. The van der Waals surface area contributed by atoms with Crippen LogP contribution in [0.3, 0.4) is 0 Å². The highest BCUT2D eigenvalue weighted by Gasteiger charge is 2.34. The molecule has 3 rings (SSSR count). The molecule has 1 aromatic carbocycles. The van der Waals surface area contributed by atoms with Crippen molar-refractivity contribution in [1.82, 2.24) is 15.1 Å². The molecule has 1 aliphatic carbocycles. The molecule has 2 aromatic rings. The lowest BCUT2D eigenvalue weighted by molar-refractivity contribution is 0.0727. The summed E-state index contributed by atoms with van der Waals surface area (Å²) in [5.41, 5.74) is 1.60. The number of amides is 1. The average Bonchev–Trinajstić information content (AvgIpc) is 3.19. The molecule has 1 aromatic heterocycles. The predicted octanol–water partition coefficient (Wildman–Crippen LogP) is 3.32. The van der Waals surface area contributed by atoms with E-state index in [-0.39, 0.29) is 24.3 Å². The standard InChI is InChI=1S/C15H15ClFN3O/c1-9-11(7-18-19-9)15(21)20(10-5-6-10)8-12-13(16)3-2-4-14(12)17/h2-4,7,10H,5-6,8H2,1H3,(H,18,19). The molecule has 0 radical (unpaired) electrons. The second-order valence-electron chi connectivity index (χ2n) is 5.27. The number of carbonyl (C=O) groups is 1. The van der Waals surface area contributed by atoms with Gasteiger partial charge in [0.25, 0.3) is 5.91 Å². The lowest BCUT2D eigenvalue weighted by atomic mass is 10.1. The van der Waals surface area contributed by atoms with Crippen molar-refractivity contribution in [2.75, 3.05) is 0 Å². The van der Waals surface area contributed by atoms with E-state index in [1.807, 2.05) is 0 Å². The summed E-state index contributed by atoms with van der Waals surface area (Å²) in [6.07, 6.45) is 3.39. The Labute approximate surface area is 126 Å². The highest BCUT2D eigenvalue weighted by atomic mass is 35.5. The van der Waals surface area contributed by atoms with Crippen molar-refractivity contribution >= 4 is 17.5 Å². The molecular weight excluding hydrogens is 293 g/mol. The zero-order valence-electron chi connectivity index (χ0n) is 11.6. The lowest BCUT2D eigenvalue weighted by Crippen LogP contribution is -2.33. The first kappa shape index (κ1) is 14.1. The molecule has 0 aliphatic heterocycles. The van der Waals surface area contributed by atoms with Gasteiger partial charge in [-0.15, -0.1) is 0 Å². The van der Waals surface area contributed by atoms with Gasteiger partial charge in [-0.2, -0.15) is 5.10 Å². The molecule has 110 valence electrons. The van der Waals surface area contributed by atoms with Crippen LogP contribution >= 0.6 is 11.6 Å². The van der Waals surface area contributed by atoms with Crippen molar-refractivity contribution in [1.29, 1.82) is 0 Å². The molecule has 0 atom stereocenters. The summed E-state index contributed by atoms with van der Waals surface area (Å²) in [4.78, 5) is 14.3. The number of aromatic nitrogens is 2. The summed E-state index contributed by atoms with van der Waals surface area (Å²) in [5, 5.41) is 6.97. The third-order valence-corrected chi connectivity index (χ3v) is 4.05. The van der Waals surface area contributed by atoms with Gasteiger partial charge in [-0.05, 0) is 31.9 Å². The number of hydrogen-bond acceptors (Lipinski definition) is 2. The molecule has 1 N–H and O–H groups in total. The van der Waals surface area contributed by atoms with Crippen molar-refractivity contribution < 1.29 is 9.18 Å². The number of nitrogens with one attached hydrogen (secondary N) is 1. The Morgan fingerprint density at radius 3 is 2.86 bits per heavy atom. The minimum absolute atomic E-state index is 0.136. The number of carbonyl (C=O) groups excluding carboxylic acids is 1. The molecule has 1 aliphatic rings. The molecule has 1 amide bonds. The van der Waals surface area contributed by atoms with Crippen LogP contribution in [0.4, 0.5) is 4.39 Å². The minimum atomic E-state index is -0.384. The van der Waals surface area contributed by atoms with Gasteiger partial charge in [-0.1, -0.05) is 17.7 Å². The summed E-state index contributed by atoms with van der Waals surface area (Å²) in [7, 11) is 0. The summed E-state index contributed by atoms with van der Waals surface area (Å²) in [5.74, 6) is -0.520. The van der Waals surface area contributed by atoms with E-state index in [9.17, 15) is 9.18 Å². The third kappa shape index (κ3) is 2.78. The van der Waals surface area contributed by atoms with Gasteiger partial charge in [0.1, 0.15) is 5.82 Å². The molecule has 1 fully saturated rings. The SMILES string of the molecule is Cc1[nH]ncc1C(=O)N(Cc1c(F)cccc1Cl)C1CC1. The maximum atomic E-state index is 13.9. The number of aromatic amines is 1. The van der Waals surface area contributed by atoms with Gasteiger partial charge in [0.2, 0.25) is 0 Å². The Balaban J connectivity index is 1.89. The molecule has 6 heteroatoms. The Morgan fingerprint density at radius 2 is 2.29 bits per heavy atom. The number of benzene rings is 1. The lowest BCUT2D eigenvalue weighted by Gasteiger charge is -2.23. The van der Waals surface area contributed by atoms with Crippen LogP contribution in [-0.2, 0) is 6.54 Å². The van der Waals surface area contributed by atoms with Crippen LogP contribution in [0, 0.1) is 12.7 Å². The van der Waals surface area contributed by atoms with E-state index >= 15 is 0 Å². The summed E-state index contributed by atoms with van der Waals surface area (Å²) < 4.78 is 13.9. The van der Waals surface area contributed by atoms with E-state index in [1.165, 1.54) is 12.3 Å². The Morgan fingerprint density at radius 1 is 1.52 bits per heavy atom. The molecule has 0 spiro atoms. The largest absolute Gasteiger partial charge is 0.331 e. The normalized spacial score (nSPS) is 14.2. The molecule has 1 saturated carbocycles. The van der Waals surface area contributed by atoms with Gasteiger partial charge in [0, 0.05) is 22.3 Å². The predicted molar refractivity (Wildman–Crippen MR) is 77.6 cm³/mol. The summed E-state index contributed by atoms with van der Waals surface area (Å²) >= 11 is 6.06. The average molecular weight is 308 g/mol. The van der Waals surface area contributed by atoms with Crippen LogP contribution in [0.15, 0.2) is 24.4 Å². The van der Waals surface area contributed by atoms with E-state index in [2.05, 4.69) is 10.2 Å². The zero-order chi connectivity index (χ0) is 15.0. The van der Waals surface area contributed by atoms with Gasteiger partial charge in [0.15, 0.2) is 0 Å². The number of H-pyrrole nitrogens is 1. The second-order valence-corrected chi connectivity index (χ2v) is 5.68. The molecule has 1 heterocycles. The fourth-order valence-electron chi connectivity index (χ4n) is 2.33. The molecule has 4 nitrogen and oxygen atoms in total. The fraction of sp³-hybridized carbons (Fsp3) is 0.333. The van der Waals surface area contributed by atoms with E-state index in [4.69, 9.17) is 11.6 Å². The Hall–Kier alpha value is -1.88. The number of halogens is 2. The van der Waals surface area contributed by atoms with Crippen LogP contribution in [0.5, 0.6) is 0 Å². The molecule has 0 saturated heterocycles. The quantitative estimate of drug-likeness (QED) is 0.942. The van der Waals surface area contributed by atoms with Gasteiger partial charge >= 0.3 is 0 Å². The number of nitrogens with zero attached hydrogens (tertiary/aromatic N) is 2. The first-order valence-electron chi connectivity index (χ1n) is 6.81. The van der Waals surface area contributed by atoms with Gasteiger partial charge in [-0.25, -0.2) is 4.39 Å². The van der Waals surface area contributed by atoms with Crippen LogP contribution < -0.4 is 0 Å². The van der Waals surface area contributed by atoms with Crippen molar-refractivity contribution in [2.24, 2.45) is 0 Å². The third-order valence-electron chi connectivity index (χ3n) is 3.70. The van der Waals surface area contributed by atoms with Crippen LogP contribution in [0.1, 0.15) is 34.5 Å². The molecule has 0 unspecified atom stereocenters. The van der Waals surface area contributed by atoms with E-state index in [1.54, 1.807) is 24.0 Å². The Kier molecular flexibility index (Phi) is 3.68. The number of aryl methyl sites for hydroxylation is 1. The topological polar surface area (TPSA) is 49.0 Å². The summed E-state index contributed by atoms with van der Waals surface area (Å²) in [6.45, 7) is 1.97. The van der Waals surface area contributed by atoms with Crippen molar-refractivity contribution in [3.8, 4) is 0 Å². The highest BCUT2D eigenvalue weighted by Crippen LogP contribution is 2.32. The van der Waals surface area contributed by atoms with Crippen molar-refractivity contribution in [2.45, 2.75) is 32.4 Å². The second kappa shape index (κ2) is 5.48. The fourth-order valence-corrected chi connectivity index (χ4v) is 2.55. The van der Waals surface area contributed by atoms with Crippen molar-refractivity contribution in [3.05, 3.63) is 52.1 Å². The van der Waals surface area contributed by atoms with Gasteiger partial charge in [0.05, 0.1) is 18.3 Å². The highest BCUT2D eigenvalue weighted by molar-refractivity contribution is 6.31. The van der Waals surface area contributed by atoms with E-state index in [0.717, 1.165) is 12.8 Å². The smallest absolute Gasteiger partial charge is 0.257 e.